The molecular weight excluding hydrogens is 411 g/mol. The fourth-order valence-corrected chi connectivity index (χ4v) is 3.84. The summed E-state index contributed by atoms with van der Waals surface area (Å²) in [7, 11) is 1.31. The van der Waals surface area contributed by atoms with E-state index in [4.69, 9.17) is 9.84 Å². The van der Waals surface area contributed by atoms with Crippen molar-refractivity contribution < 1.29 is 18.7 Å². The molecule has 2 aromatic carbocycles. The maximum atomic E-state index is 13.5. The van der Waals surface area contributed by atoms with Crippen LogP contribution >= 0.6 is 0 Å². The number of carbonyl (C=O) groups excluding carboxylic acids is 2. The number of aryl methyl sites for hydroxylation is 1. The zero-order chi connectivity index (χ0) is 22.7. The van der Waals surface area contributed by atoms with Gasteiger partial charge >= 0.3 is 5.97 Å². The van der Waals surface area contributed by atoms with Crippen LogP contribution in [0.15, 0.2) is 54.7 Å². The molecule has 1 unspecified atom stereocenters. The number of amides is 1. The van der Waals surface area contributed by atoms with Crippen molar-refractivity contribution in [2.24, 2.45) is 0 Å². The smallest absolute Gasteiger partial charge is 0.307 e. The molecular formula is C24H25FN4O3. The highest BCUT2D eigenvalue weighted by atomic mass is 19.1. The first-order valence-corrected chi connectivity index (χ1v) is 10.4. The summed E-state index contributed by atoms with van der Waals surface area (Å²) in [5, 5.41) is 7.59. The van der Waals surface area contributed by atoms with Crippen molar-refractivity contribution >= 4 is 11.9 Å². The van der Waals surface area contributed by atoms with Gasteiger partial charge in [-0.1, -0.05) is 17.7 Å². The van der Waals surface area contributed by atoms with Gasteiger partial charge < -0.3 is 10.1 Å². The molecule has 0 saturated carbocycles. The number of hydrogen-bond donors (Lipinski definition) is 1. The van der Waals surface area contributed by atoms with Crippen molar-refractivity contribution in [2.75, 3.05) is 20.2 Å². The minimum absolute atomic E-state index is 0.0275. The van der Waals surface area contributed by atoms with Crippen molar-refractivity contribution in [3.63, 3.8) is 0 Å². The molecule has 1 amide bonds. The van der Waals surface area contributed by atoms with Crippen LogP contribution in [0.2, 0.25) is 0 Å². The molecule has 166 valence electrons. The lowest BCUT2D eigenvalue weighted by molar-refractivity contribution is -0.146. The second kappa shape index (κ2) is 9.32. The Bertz CT molecular complexity index is 1110. The first-order valence-electron chi connectivity index (χ1n) is 10.4. The van der Waals surface area contributed by atoms with Crippen LogP contribution in [0.5, 0.6) is 0 Å². The van der Waals surface area contributed by atoms with Crippen LogP contribution in [0, 0.1) is 12.7 Å². The third-order valence-corrected chi connectivity index (χ3v) is 5.61. The Balaban J connectivity index is 1.70. The summed E-state index contributed by atoms with van der Waals surface area (Å²) in [4.78, 5) is 26.3. The fraction of sp³-hybridized carbons (Fsp3) is 0.292. The van der Waals surface area contributed by atoms with Gasteiger partial charge in [-0.2, -0.15) is 5.10 Å². The molecule has 1 aromatic heterocycles. The lowest BCUT2D eigenvalue weighted by atomic mass is 10.0. The van der Waals surface area contributed by atoms with E-state index in [1.54, 1.807) is 16.8 Å². The van der Waals surface area contributed by atoms with Crippen LogP contribution in [0.25, 0.3) is 16.9 Å². The van der Waals surface area contributed by atoms with Crippen molar-refractivity contribution in [1.29, 1.82) is 0 Å². The van der Waals surface area contributed by atoms with E-state index in [-0.39, 0.29) is 18.1 Å². The highest BCUT2D eigenvalue weighted by molar-refractivity contribution is 5.87. The topological polar surface area (TPSA) is 76.5 Å². The van der Waals surface area contributed by atoms with Crippen molar-refractivity contribution in [3.05, 3.63) is 71.7 Å². The van der Waals surface area contributed by atoms with E-state index in [1.165, 1.54) is 19.2 Å². The number of nitrogens with zero attached hydrogens (tertiary/aromatic N) is 3. The second-order valence-electron chi connectivity index (χ2n) is 7.85. The van der Waals surface area contributed by atoms with Crippen LogP contribution in [0.3, 0.4) is 0 Å². The number of carbonyl (C=O) groups is 2. The molecule has 1 N–H and O–H groups in total. The number of halogens is 1. The van der Waals surface area contributed by atoms with E-state index < -0.39 is 12.0 Å². The molecule has 0 radical (unpaired) electrons. The second-order valence-corrected chi connectivity index (χ2v) is 7.85. The summed E-state index contributed by atoms with van der Waals surface area (Å²) in [5.74, 6) is -0.957. The minimum Gasteiger partial charge on any atom is -0.469 e. The molecule has 1 aliphatic rings. The molecule has 0 bridgehead atoms. The van der Waals surface area contributed by atoms with Gasteiger partial charge in [0.2, 0.25) is 5.91 Å². The number of nitrogens with one attached hydrogen (secondary N) is 1. The third kappa shape index (κ3) is 4.70. The van der Waals surface area contributed by atoms with Crippen LogP contribution in [0.1, 0.15) is 17.5 Å². The zero-order valence-electron chi connectivity index (χ0n) is 18.0. The standard InChI is InChI=1S/C24H25FN4O3/c1-16-3-9-20(10-4-16)29-15-18(23(27-29)17-5-7-19(25)8-6-17)14-28-12-11-26-24(31)21(28)13-22(30)32-2/h3-10,15,21H,11-14H2,1-2H3,(H,26,31). The maximum Gasteiger partial charge on any atom is 0.307 e. The molecule has 1 aliphatic heterocycles. The quantitative estimate of drug-likeness (QED) is 0.602. The molecule has 2 heterocycles. The van der Waals surface area contributed by atoms with Crippen LogP contribution < -0.4 is 5.32 Å². The summed E-state index contributed by atoms with van der Waals surface area (Å²) in [6, 6.07) is 13.5. The van der Waals surface area contributed by atoms with Gasteiger partial charge in [0.05, 0.1) is 24.9 Å². The van der Waals surface area contributed by atoms with Gasteiger partial charge in [0.25, 0.3) is 0 Å². The highest BCUT2D eigenvalue weighted by Gasteiger charge is 2.32. The van der Waals surface area contributed by atoms with Crippen molar-refractivity contribution in [2.45, 2.75) is 25.9 Å². The average Bonchev–Trinajstić information content (AvgIpc) is 3.20. The molecule has 0 aliphatic carbocycles. The predicted molar refractivity (Wildman–Crippen MR) is 118 cm³/mol. The molecule has 3 aromatic rings. The number of piperazine rings is 1. The molecule has 1 atom stereocenters. The van der Waals surface area contributed by atoms with Crippen LogP contribution in [-0.4, -0.2) is 52.8 Å². The number of hydrogen-bond acceptors (Lipinski definition) is 5. The summed E-state index contributed by atoms with van der Waals surface area (Å²) in [6.07, 6.45) is 1.89. The number of aromatic nitrogens is 2. The van der Waals surface area contributed by atoms with E-state index in [1.807, 2.05) is 42.3 Å². The lowest BCUT2D eigenvalue weighted by Crippen LogP contribution is -2.55. The van der Waals surface area contributed by atoms with Gasteiger partial charge in [0, 0.05) is 37.0 Å². The van der Waals surface area contributed by atoms with E-state index in [0.717, 1.165) is 22.4 Å². The zero-order valence-corrected chi connectivity index (χ0v) is 18.0. The molecule has 4 rings (SSSR count). The van der Waals surface area contributed by atoms with Crippen molar-refractivity contribution in [3.8, 4) is 16.9 Å². The van der Waals surface area contributed by atoms with Gasteiger partial charge in [0.15, 0.2) is 0 Å². The lowest BCUT2D eigenvalue weighted by Gasteiger charge is -2.34. The van der Waals surface area contributed by atoms with Gasteiger partial charge in [-0.25, -0.2) is 9.07 Å². The Labute approximate surface area is 185 Å². The average molecular weight is 436 g/mol. The Hall–Kier alpha value is -3.52. The minimum atomic E-state index is -0.625. The van der Waals surface area contributed by atoms with E-state index in [0.29, 0.717) is 25.3 Å². The molecule has 8 heteroatoms. The van der Waals surface area contributed by atoms with E-state index in [2.05, 4.69) is 5.32 Å². The number of benzene rings is 2. The van der Waals surface area contributed by atoms with Gasteiger partial charge in [-0.15, -0.1) is 0 Å². The van der Waals surface area contributed by atoms with Crippen LogP contribution in [-0.2, 0) is 20.9 Å². The van der Waals surface area contributed by atoms with E-state index >= 15 is 0 Å². The van der Waals surface area contributed by atoms with Gasteiger partial charge in [-0.3, -0.25) is 14.5 Å². The number of methoxy groups -OCH3 is 1. The van der Waals surface area contributed by atoms with E-state index in [9.17, 15) is 14.0 Å². The van der Waals surface area contributed by atoms with Crippen LogP contribution in [0.4, 0.5) is 4.39 Å². The largest absolute Gasteiger partial charge is 0.469 e. The third-order valence-electron chi connectivity index (χ3n) is 5.61. The van der Waals surface area contributed by atoms with Crippen molar-refractivity contribution in [1.82, 2.24) is 20.0 Å². The maximum absolute atomic E-state index is 13.5. The number of esters is 1. The molecule has 32 heavy (non-hydrogen) atoms. The normalized spacial score (nSPS) is 16.6. The Morgan fingerprint density at radius 3 is 2.59 bits per heavy atom. The fourth-order valence-electron chi connectivity index (χ4n) is 3.84. The number of rotatable bonds is 6. The number of ether oxygens (including phenoxy) is 1. The summed E-state index contributed by atoms with van der Waals surface area (Å²) in [6.45, 7) is 3.51. The highest BCUT2D eigenvalue weighted by Crippen LogP contribution is 2.27. The Morgan fingerprint density at radius 2 is 1.91 bits per heavy atom. The van der Waals surface area contributed by atoms with Gasteiger partial charge in [-0.05, 0) is 43.3 Å². The van der Waals surface area contributed by atoms with Gasteiger partial charge in [0.1, 0.15) is 11.9 Å². The first-order chi connectivity index (χ1) is 15.4. The monoisotopic (exact) mass is 436 g/mol. The summed E-state index contributed by atoms with van der Waals surface area (Å²) in [5.41, 5.74) is 4.39. The molecule has 1 saturated heterocycles. The molecule has 0 spiro atoms. The Kier molecular flexibility index (Phi) is 6.32. The first kappa shape index (κ1) is 21.7. The summed E-state index contributed by atoms with van der Waals surface area (Å²) < 4.78 is 20.1. The SMILES string of the molecule is COC(=O)CC1C(=O)NCCN1Cc1cn(-c2ccc(C)cc2)nc1-c1ccc(F)cc1. The molecule has 1 fully saturated rings. The predicted octanol–water partition coefficient (Wildman–Crippen LogP) is 2.85. The molecule has 7 nitrogen and oxygen atoms in total. The summed E-state index contributed by atoms with van der Waals surface area (Å²) >= 11 is 0. The Morgan fingerprint density at radius 1 is 1.19 bits per heavy atom.